The maximum atomic E-state index is 11.2. The van der Waals surface area contributed by atoms with Crippen molar-refractivity contribution in [3.63, 3.8) is 0 Å². The largest absolute Gasteiger partial charge is 0.476 e. The molecule has 0 heterocycles. The van der Waals surface area contributed by atoms with Crippen LogP contribution in [0.5, 0.6) is 0 Å². The van der Waals surface area contributed by atoms with Gasteiger partial charge in [-0.1, -0.05) is 41.9 Å². The number of benzene rings is 2. The first-order chi connectivity index (χ1) is 8.66. The van der Waals surface area contributed by atoms with Crippen LogP contribution in [0.25, 0.3) is 0 Å². The summed E-state index contributed by atoms with van der Waals surface area (Å²) in [6, 6.07) is 15.5. The molecule has 90 valence electrons. The molecule has 2 rings (SSSR count). The first-order valence-corrected chi connectivity index (χ1v) is 5.67. The number of carboxylic acid groups (broad SMARTS) is 1. The van der Waals surface area contributed by atoms with Crippen molar-refractivity contribution >= 4 is 29.0 Å². The fraction of sp³-hybridized carbons (Fsp3) is 0. The van der Waals surface area contributed by atoms with E-state index in [9.17, 15) is 9.90 Å². The van der Waals surface area contributed by atoms with E-state index in [4.69, 9.17) is 11.6 Å². The molecule has 4 heteroatoms. The van der Waals surface area contributed by atoms with Gasteiger partial charge in [0.05, 0.1) is 5.69 Å². The Hall–Kier alpha value is -2.13. The highest BCUT2D eigenvalue weighted by atomic mass is 35.5. The van der Waals surface area contributed by atoms with Crippen molar-refractivity contribution < 1.29 is 9.90 Å². The van der Waals surface area contributed by atoms with E-state index in [0.29, 0.717) is 16.3 Å². The number of carbonyl (C=O) groups is 1. The highest BCUT2D eigenvalue weighted by Crippen LogP contribution is 2.17. The molecular formula is C14H10ClNO2. The lowest BCUT2D eigenvalue weighted by molar-refractivity contribution is -0.129. The third-order valence-electron chi connectivity index (χ3n) is 2.32. The Bertz CT molecular complexity index is 577. The Morgan fingerprint density at radius 1 is 1.00 bits per heavy atom. The van der Waals surface area contributed by atoms with Gasteiger partial charge in [0.2, 0.25) is 0 Å². The van der Waals surface area contributed by atoms with Crippen molar-refractivity contribution in [2.24, 2.45) is 4.99 Å². The molecule has 0 aromatic heterocycles. The molecule has 3 nitrogen and oxygen atoms in total. The van der Waals surface area contributed by atoms with E-state index in [-0.39, 0.29) is 5.71 Å². The number of nitrogens with zero attached hydrogens (tertiary/aromatic N) is 1. The lowest BCUT2D eigenvalue weighted by Crippen LogP contribution is -2.13. The summed E-state index contributed by atoms with van der Waals surface area (Å²) in [5.41, 5.74) is 1.14. The Labute approximate surface area is 109 Å². The summed E-state index contributed by atoms with van der Waals surface area (Å²) in [6.07, 6.45) is 0. The molecule has 0 aliphatic rings. The van der Waals surface area contributed by atoms with Crippen LogP contribution in [0.2, 0.25) is 5.02 Å². The van der Waals surface area contributed by atoms with Gasteiger partial charge in [-0.2, -0.15) is 0 Å². The molecule has 0 radical (unpaired) electrons. The summed E-state index contributed by atoms with van der Waals surface area (Å²) in [5, 5.41) is 9.77. The van der Waals surface area contributed by atoms with Gasteiger partial charge >= 0.3 is 5.97 Å². The van der Waals surface area contributed by atoms with Crippen molar-refractivity contribution in [2.75, 3.05) is 0 Å². The first-order valence-electron chi connectivity index (χ1n) is 5.30. The Morgan fingerprint density at radius 2 is 1.61 bits per heavy atom. The van der Waals surface area contributed by atoms with Crippen LogP contribution < -0.4 is 0 Å². The average molecular weight is 260 g/mol. The van der Waals surface area contributed by atoms with Crippen LogP contribution in [0.1, 0.15) is 5.56 Å². The lowest BCUT2D eigenvalue weighted by Gasteiger charge is -2.02. The topological polar surface area (TPSA) is 49.7 Å². The maximum Gasteiger partial charge on any atom is 0.355 e. The van der Waals surface area contributed by atoms with Crippen LogP contribution in [-0.2, 0) is 4.79 Å². The molecule has 0 aliphatic heterocycles. The molecule has 0 unspecified atom stereocenters. The second kappa shape index (κ2) is 5.47. The minimum Gasteiger partial charge on any atom is -0.476 e. The Morgan fingerprint density at radius 3 is 2.17 bits per heavy atom. The van der Waals surface area contributed by atoms with E-state index in [2.05, 4.69) is 4.99 Å². The summed E-state index contributed by atoms with van der Waals surface area (Å²) < 4.78 is 0. The molecule has 0 saturated heterocycles. The van der Waals surface area contributed by atoms with Gasteiger partial charge in [-0.3, -0.25) is 0 Å². The molecule has 0 amide bonds. The minimum atomic E-state index is -1.06. The fourth-order valence-corrected chi connectivity index (χ4v) is 1.60. The van der Waals surface area contributed by atoms with Crippen LogP contribution in [-0.4, -0.2) is 16.8 Å². The van der Waals surface area contributed by atoms with E-state index in [1.807, 2.05) is 6.07 Å². The molecule has 2 aromatic rings. The molecule has 0 bridgehead atoms. The number of hydrogen-bond donors (Lipinski definition) is 1. The molecule has 1 N–H and O–H groups in total. The number of hydrogen-bond acceptors (Lipinski definition) is 2. The maximum absolute atomic E-state index is 11.2. The number of halogens is 1. The third kappa shape index (κ3) is 2.96. The molecule has 0 saturated carbocycles. The van der Waals surface area contributed by atoms with Gasteiger partial charge in [0.25, 0.3) is 0 Å². The Kier molecular flexibility index (Phi) is 3.75. The summed E-state index contributed by atoms with van der Waals surface area (Å²) in [4.78, 5) is 15.3. The van der Waals surface area contributed by atoms with Crippen LogP contribution in [0, 0.1) is 0 Å². The summed E-state index contributed by atoms with van der Waals surface area (Å²) in [7, 11) is 0. The lowest BCUT2D eigenvalue weighted by atomic mass is 10.1. The first kappa shape index (κ1) is 12.3. The van der Waals surface area contributed by atoms with Crippen LogP contribution in [0.15, 0.2) is 59.6 Å². The number of aliphatic imine (C=N–C) groups is 1. The quantitative estimate of drug-likeness (QED) is 0.857. The van der Waals surface area contributed by atoms with Crippen LogP contribution in [0.4, 0.5) is 5.69 Å². The Balaban J connectivity index is 2.43. The monoisotopic (exact) mass is 259 g/mol. The predicted octanol–water partition coefficient (Wildman–Crippen LogP) is 3.55. The van der Waals surface area contributed by atoms with Gasteiger partial charge < -0.3 is 5.11 Å². The number of carboxylic acids is 1. The fourth-order valence-electron chi connectivity index (χ4n) is 1.48. The second-order valence-electron chi connectivity index (χ2n) is 3.61. The van der Waals surface area contributed by atoms with Gasteiger partial charge in [0, 0.05) is 10.6 Å². The van der Waals surface area contributed by atoms with E-state index >= 15 is 0 Å². The van der Waals surface area contributed by atoms with Gasteiger partial charge in [-0.25, -0.2) is 9.79 Å². The van der Waals surface area contributed by atoms with E-state index in [0.717, 1.165) is 0 Å². The smallest absolute Gasteiger partial charge is 0.355 e. The second-order valence-corrected chi connectivity index (χ2v) is 4.04. The minimum absolute atomic E-state index is 0.0120. The molecule has 0 atom stereocenters. The molecule has 0 fully saturated rings. The van der Waals surface area contributed by atoms with Crippen molar-refractivity contribution in [3.8, 4) is 0 Å². The van der Waals surface area contributed by atoms with Crippen molar-refractivity contribution in [1.82, 2.24) is 0 Å². The zero-order chi connectivity index (χ0) is 13.0. The van der Waals surface area contributed by atoms with Gasteiger partial charge in [-0.05, 0) is 24.3 Å². The van der Waals surface area contributed by atoms with E-state index in [1.54, 1.807) is 48.5 Å². The van der Waals surface area contributed by atoms with Gasteiger partial charge in [0.1, 0.15) is 0 Å². The highest BCUT2D eigenvalue weighted by molar-refractivity contribution is 6.43. The number of rotatable bonds is 3. The molecule has 0 aliphatic carbocycles. The van der Waals surface area contributed by atoms with Crippen LogP contribution in [0.3, 0.4) is 0 Å². The average Bonchev–Trinajstić information content (AvgIpc) is 2.38. The third-order valence-corrected chi connectivity index (χ3v) is 2.57. The van der Waals surface area contributed by atoms with Crippen molar-refractivity contribution in [1.29, 1.82) is 0 Å². The van der Waals surface area contributed by atoms with Gasteiger partial charge in [0.15, 0.2) is 5.71 Å². The zero-order valence-corrected chi connectivity index (χ0v) is 10.1. The van der Waals surface area contributed by atoms with Crippen LogP contribution >= 0.6 is 11.6 Å². The summed E-state index contributed by atoms with van der Waals surface area (Å²) >= 11 is 5.76. The van der Waals surface area contributed by atoms with E-state index in [1.165, 1.54) is 0 Å². The van der Waals surface area contributed by atoms with Gasteiger partial charge in [-0.15, -0.1) is 0 Å². The summed E-state index contributed by atoms with van der Waals surface area (Å²) in [6.45, 7) is 0. The van der Waals surface area contributed by atoms with E-state index < -0.39 is 5.97 Å². The van der Waals surface area contributed by atoms with Crippen molar-refractivity contribution in [3.05, 3.63) is 65.2 Å². The molecule has 2 aromatic carbocycles. The molecular weight excluding hydrogens is 250 g/mol. The normalized spacial score (nSPS) is 11.3. The molecule has 0 spiro atoms. The van der Waals surface area contributed by atoms with Crippen molar-refractivity contribution in [2.45, 2.75) is 0 Å². The predicted molar refractivity (Wildman–Crippen MR) is 71.7 cm³/mol. The zero-order valence-electron chi connectivity index (χ0n) is 9.38. The highest BCUT2D eigenvalue weighted by Gasteiger charge is 2.11. The number of aliphatic carboxylic acids is 1. The summed E-state index contributed by atoms with van der Waals surface area (Å²) in [5.74, 6) is -1.06. The molecule has 18 heavy (non-hydrogen) atoms. The SMILES string of the molecule is O=C(O)C(=Nc1ccc(Cl)cc1)c1ccccc1. The standard InChI is InChI=1S/C14H10ClNO2/c15-11-6-8-12(9-7-11)16-13(14(17)18)10-4-2-1-3-5-10/h1-9H,(H,17,18).